The standard InChI is InChI=1S/C9H14ClN5O/c1-5-7(11)8(14-9(10)13-5)15(3)4-6(16)12-2/h4,11H2,1-3H3,(H,12,16). The van der Waals surface area contributed by atoms with Crippen molar-refractivity contribution in [1.82, 2.24) is 15.3 Å². The average Bonchev–Trinajstić information content (AvgIpc) is 2.22. The van der Waals surface area contributed by atoms with Crippen LogP contribution in [0.25, 0.3) is 0 Å². The second-order valence-electron chi connectivity index (χ2n) is 3.34. The fourth-order valence-electron chi connectivity index (χ4n) is 1.19. The quantitative estimate of drug-likeness (QED) is 0.741. The van der Waals surface area contributed by atoms with E-state index < -0.39 is 0 Å². The molecule has 88 valence electrons. The molecule has 7 heteroatoms. The lowest BCUT2D eigenvalue weighted by atomic mass is 10.3. The molecule has 0 bridgehead atoms. The Kier molecular flexibility index (Phi) is 3.89. The van der Waals surface area contributed by atoms with Gasteiger partial charge in [-0.2, -0.15) is 4.98 Å². The molecule has 0 aliphatic carbocycles. The maximum Gasteiger partial charge on any atom is 0.239 e. The van der Waals surface area contributed by atoms with E-state index in [1.807, 2.05) is 0 Å². The zero-order chi connectivity index (χ0) is 12.3. The van der Waals surface area contributed by atoms with Gasteiger partial charge in [0.1, 0.15) is 0 Å². The molecule has 3 N–H and O–H groups in total. The number of hydrogen-bond donors (Lipinski definition) is 2. The molecule has 16 heavy (non-hydrogen) atoms. The molecule has 6 nitrogen and oxygen atoms in total. The van der Waals surface area contributed by atoms with E-state index in [4.69, 9.17) is 17.3 Å². The number of nitrogens with two attached hydrogens (primary N) is 1. The molecular formula is C9H14ClN5O. The average molecular weight is 244 g/mol. The van der Waals surface area contributed by atoms with E-state index in [-0.39, 0.29) is 17.7 Å². The largest absolute Gasteiger partial charge is 0.394 e. The minimum Gasteiger partial charge on any atom is -0.394 e. The van der Waals surface area contributed by atoms with Crippen LogP contribution in [0.4, 0.5) is 11.5 Å². The fraction of sp³-hybridized carbons (Fsp3) is 0.444. The van der Waals surface area contributed by atoms with Crippen molar-refractivity contribution in [3.8, 4) is 0 Å². The van der Waals surface area contributed by atoms with Crippen LogP contribution in [0.1, 0.15) is 5.69 Å². The Hall–Kier alpha value is -1.56. The van der Waals surface area contributed by atoms with Crippen LogP contribution in [-0.2, 0) is 4.79 Å². The lowest BCUT2D eigenvalue weighted by molar-refractivity contribution is -0.119. The summed E-state index contributed by atoms with van der Waals surface area (Å²) in [6.07, 6.45) is 0. The number of rotatable bonds is 3. The van der Waals surface area contributed by atoms with Gasteiger partial charge in [0.15, 0.2) is 5.82 Å². The third-order valence-electron chi connectivity index (χ3n) is 2.11. The molecule has 0 unspecified atom stereocenters. The number of nitrogens with zero attached hydrogens (tertiary/aromatic N) is 3. The summed E-state index contributed by atoms with van der Waals surface area (Å²) in [5, 5.41) is 2.63. The third kappa shape index (κ3) is 2.73. The lowest BCUT2D eigenvalue weighted by Crippen LogP contribution is -2.34. The molecule has 1 aromatic rings. The topological polar surface area (TPSA) is 84.1 Å². The van der Waals surface area contributed by atoms with Crippen molar-refractivity contribution in [2.75, 3.05) is 31.3 Å². The van der Waals surface area contributed by atoms with E-state index >= 15 is 0 Å². The molecule has 1 aromatic heterocycles. The van der Waals surface area contributed by atoms with E-state index in [2.05, 4.69) is 15.3 Å². The van der Waals surface area contributed by atoms with Crippen molar-refractivity contribution in [1.29, 1.82) is 0 Å². The molecule has 0 fully saturated rings. The number of carbonyl (C=O) groups excluding carboxylic acids is 1. The van der Waals surface area contributed by atoms with Crippen molar-refractivity contribution in [3.63, 3.8) is 0 Å². The van der Waals surface area contributed by atoms with Gasteiger partial charge in [0.25, 0.3) is 0 Å². The van der Waals surface area contributed by atoms with Crippen molar-refractivity contribution in [3.05, 3.63) is 11.0 Å². The Morgan fingerprint density at radius 1 is 1.56 bits per heavy atom. The molecule has 0 saturated heterocycles. The van der Waals surface area contributed by atoms with E-state index in [1.54, 1.807) is 25.9 Å². The van der Waals surface area contributed by atoms with Crippen molar-refractivity contribution < 1.29 is 4.79 Å². The van der Waals surface area contributed by atoms with Crippen molar-refractivity contribution >= 4 is 29.0 Å². The summed E-state index contributed by atoms with van der Waals surface area (Å²) in [6.45, 7) is 1.90. The monoisotopic (exact) mass is 243 g/mol. The number of anilines is 2. The smallest absolute Gasteiger partial charge is 0.239 e. The molecule has 0 aromatic carbocycles. The summed E-state index contributed by atoms with van der Waals surface area (Å²) < 4.78 is 0. The van der Waals surface area contributed by atoms with Crippen LogP contribution < -0.4 is 16.0 Å². The van der Waals surface area contributed by atoms with Crippen LogP contribution >= 0.6 is 11.6 Å². The molecule has 1 amide bonds. The zero-order valence-corrected chi connectivity index (χ0v) is 10.2. The fourth-order valence-corrected chi connectivity index (χ4v) is 1.40. The summed E-state index contributed by atoms with van der Waals surface area (Å²) in [4.78, 5) is 20.7. The van der Waals surface area contributed by atoms with Crippen LogP contribution in [0.2, 0.25) is 5.28 Å². The number of nitrogen functional groups attached to an aromatic ring is 1. The molecular weight excluding hydrogens is 230 g/mol. The van der Waals surface area contributed by atoms with Crippen molar-refractivity contribution in [2.24, 2.45) is 0 Å². The predicted octanol–water partition coefficient (Wildman–Crippen LogP) is 0.203. The predicted molar refractivity (Wildman–Crippen MR) is 63.5 cm³/mol. The molecule has 0 radical (unpaired) electrons. The summed E-state index contributed by atoms with van der Waals surface area (Å²) >= 11 is 5.73. The Morgan fingerprint density at radius 3 is 2.75 bits per heavy atom. The van der Waals surface area contributed by atoms with Crippen LogP contribution in [0.15, 0.2) is 0 Å². The number of aromatic nitrogens is 2. The first-order chi connectivity index (χ1) is 7.45. The van der Waals surface area contributed by atoms with Gasteiger partial charge in [-0.05, 0) is 18.5 Å². The summed E-state index contributed by atoms with van der Waals surface area (Å²) in [5.74, 6) is 0.329. The first kappa shape index (κ1) is 12.5. The van der Waals surface area contributed by atoms with Gasteiger partial charge < -0.3 is 16.0 Å². The van der Waals surface area contributed by atoms with Gasteiger partial charge in [0.05, 0.1) is 17.9 Å². The first-order valence-corrected chi connectivity index (χ1v) is 5.04. The molecule has 0 aliphatic heterocycles. The summed E-state index contributed by atoms with van der Waals surface area (Å²) in [5.41, 5.74) is 6.84. The highest BCUT2D eigenvalue weighted by Gasteiger charge is 2.14. The van der Waals surface area contributed by atoms with Gasteiger partial charge >= 0.3 is 0 Å². The highest BCUT2D eigenvalue weighted by atomic mass is 35.5. The minimum atomic E-state index is -0.130. The lowest BCUT2D eigenvalue weighted by Gasteiger charge is -2.19. The number of carbonyl (C=O) groups is 1. The van der Waals surface area contributed by atoms with Gasteiger partial charge in [-0.25, -0.2) is 4.98 Å². The van der Waals surface area contributed by atoms with Gasteiger partial charge in [-0.15, -0.1) is 0 Å². The number of likely N-dealkylation sites (N-methyl/N-ethyl adjacent to an activating group) is 2. The maximum atomic E-state index is 11.2. The highest BCUT2D eigenvalue weighted by Crippen LogP contribution is 2.23. The minimum absolute atomic E-state index is 0.116. The second-order valence-corrected chi connectivity index (χ2v) is 3.68. The number of halogens is 1. The third-order valence-corrected chi connectivity index (χ3v) is 2.28. The number of nitrogens with one attached hydrogen (secondary N) is 1. The Bertz CT molecular complexity index is 409. The normalized spacial score (nSPS) is 10.0. The van der Waals surface area contributed by atoms with E-state index in [9.17, 15) is 4.79 Å². The second kappa shape index (κ2) is 4.98. The van der Waals surface area contributed by atoms with E-state index in [0.29, 0.717) is 17.2 Å². The first-order valence-electron chi connectivity index (χ1n) is 4.67. The maximum absolute atomic E-state index is 11.2. The summed E-state index contributed by atoms with van der Waals surface area (Å²) in [7, 11) is 3.28. The van der Waals surface area contributed by atoms with Gasteiger partial charge in [-0.3, -0.25) is 4.79 Å². The zero-order valence-electron chi connectivity index (χ0n) is 9.41. The summed E-state index contributed by atoms with van der Waals surface area (Å²) in [6, 6.07) is 0. The molecule has 0 aliphatic rings. The molecule has 0 atom stereocenters. The van der Waals surface area contributed by atoms with Gasteiger partial charge in [-0.1, -0.05) is 0 Å². The molecule has 0 spiro atoms. The van der Waals surface area contributed by atoms with Crippen LogP contribution in [0.3, 0.4) is 0 Å². The van der Waals surface area contributed by atoms with E-state index in [1.165, 1.54) is 0 Å². The SMILES string of the molecule is CNC(=O)CN(C)c1nc(Cl)nc(C)c1N. The Morgan fingerprint density at radius 2 is 2.19 bits per heavy atom. The molecule has 1 heterocycles. The highest BCUT2D eigenvalue weighted by molar-refractivity contribution is 6.28. The van der Waals surface area contributed by atoms with Crippen LogP contribution in [0, 0.1) is 6.92 Å². The van der Waals surface area contributed by atoms with Gasteiger partial charge in [0.2, 0.25) is 11.2 Å². The number of amides is 1. The Labute approximate surface area is 98.8 Å². The number of aryl methyl sites for hydroxylation is 1. The molecule has 0 saturated carbocycles. The van der Waals surface area contributed by atoms with Crippen LogP contribution in [-0.4, -0.2) is 36.5 Å². The van der Waals surface area contributed by atoms with Crippen molar-refractivity contribution in [2.45, 2.75) is 6.92 Å². The Balaban J connectivity index is 2.99. The van der Waals surface area contributed by atoms with Gasteiger partial charge in [0, 0.05) is 14.1 Å². The number of hydrogen-bond acceptors (Lipinski definition) is 5. The van der Waals surface area contributed by atoms with E-state index in [0.717, 1.165) is 0 Å². The van der Waals surface area contributed by atoms with Crippen LogP contribution in [0.5, 0.6) is 0 Å². The molecule has 1 rings (SSSR count).